The lowest BCUT2D eigenvalue weighted by Gasteiger charge is -2.30. The molecule has 0 bridgehead atoms. The van der Waals surface area contributed by atoms with Crippen LogP contribution in [0.25, 0.3) is 0 Å². The van der Waals surface area contributed by atoms with Gasteiger partial charge >= 0.3 is 17.9 Å². The van der Waals surface area contributed by atoms with Crippen LogP contribution in [-0.2, 0) is 28.6 Å². The molecular formula is C18H35N3O7. The van der Waals surface area contributed by atoms with Crippen LogP contribution < -0.4 is 0 Å². The number of rotatable bonds is 11. The highest BCUT2D eigenvalue weighted by atomic mass is 16.6. The van der Waals surface area contributed by atoms with E-state index in [2.05, 4.69) is 0 Å². The minimum Gasteiger partial charge on any atom is -0.447 e. The highest BCUT2D eigenvalue weighted by molar-refractivity contribution is 5.90. The molecule has 3 atom stereocenters. The number of aliphatic hydroxyl groups is 1. The molecule has 0 aliphatic heterocycles. The average Bonchev–Trinajstić information content (AvgIpc) is 2.53. The molecule has 0 fully saturated rings. The van der Waals surface area contributed by atoms with Crippen LogP contribution in [-0.4, -0.2) is 104 Å². The van der Waals surface area contributed by atoms with Gasteiger partial charge in [0.05, 0.1) is 12.8 Å². The van der Waals surface area contributed by atoms with Crippen LogP contribution in [0.4, 0.5) is 0 Å². The fourth-order valence-corrected chi connectivity index (χ4v) is 1.73. The fraction of sp³-hybridized carbons (Fsp3) is 0.833. The Morgan fingerprint density at radius 1 is 0.714 bits per heavy atom. The molecule has 164 valence electrons. The first-order valence-corrected chi connectivity index (χ1v) is 9.01. The molecule has 0 aromatic carbocycles. The van der Waals surface area contributed by atoms with Gasteiger partial charge in [0.2, 0.25) is 0 Å². The zero-order valence-electron chi connectivity index (χ0n) is 18.4. The molecule has 0 spiro atoms. The molecule has 0 rings (SSSR count). The predicted octanol–water partition coefficient (Wildman–Crippen LogP) is -0.150. The van der Waals surface area contributed by atoms with Crippen molar-refractivity contribution < 1.29 is 33.7 Å². The number of nitrogens with zero attached hydrogens (tertiary/aromatic N) is 3. The van der Waals surface area contributed by atoms with Gasteiger partial charge in [-0.25, -0.2) is 4.79 Å². The second kappa shape index (κ2) is 11.3. The molecule has 10 nitrogen and oxygen atoms in total. The third-order valence-electron chi connectivity index (χ3n) is 4.32. The molecule has 0 aliphatic rings. The van der Waals surface area contributed by atoms with Crippen molar-refractivity contribution in [2.75, 3.05) is 42.3 Å². The molecule has 28 heavy (non-hydrogen) atoms. The van der Waals surface area contributed by atoms with Gasteiger partial charge in [-0.3, -0.25) is 24.3 Å². The van der Waals surface area contributed by atoms with Gasteiger partial charge in [-0.2, -0.15) is 0 Å². The highest BCUT2D eigenvalue weighted by Crippen LogP contribution is 2.22. The van der Waals surface area contributed by atoms with E-state index in [-0.39, 0.29) is 0 Å². The van der Waals surface area contributed by atoms with E-state index in [0.717, 1.165) is 0 Å². The van der Waals surface area contributed by atoms with Crippen molar-refractivity contribution in [3.63, 3.8) is 0 Å². The Morgan fingerprint density at radius 3 is 1.29 bits per heavy atom. The van der Waals surface area contributed by atoms with Crippen molar-refractivity contribution in [3.05, 3.63) is 0 Å². The predicted molar refractivity (Wildman–Crippen MR) is 102 cm³/mol. The Bertz CT molecular complexity index is 507. The van der Waals surface area contributed by atoms with Gasteiger partial charge in [0.1, 0.15) is 0 Å². The summed E-state index contributed by atoms with van der Waals surface area (Å²) < 4.78 is 15.5. The maximum Gasteiger partial charge on any atom is 0.340 e. The number of hydrogen-bond donors (Lipinski definition) is 1. The Kier molecular flexibility index (Phi) is 10.6. The molecule has 0 aliphatic carbocycles. The summed E-state index contributed by atoms with van der Waals surface area (Å²) in [4.78, 5) is 41.9. The van der Waals surface area contributed by atoms with E-state index >= 15 is 0 Å². The first kappa shape index (κ1) is 26.2. The lowest BCUT2D eigenvalue weighted by molar-refractivity contribution is -0.190. The van der Waals surface area contributed by atoms with E-state index in [1.807, 2.05) is 0 Å². The van der Waals surface area contributed by atoms with Gasteiger partial charge in [0.15, 0.2) is 24.3 Å². The molecule has 1 N–H and O–H groups in total. The minimum absolute atomic E-state index is 0.575. The van der Waals surface area contributed by atoms with Crippen LogP contribution in [0.5, 0.6) is 0 Å². The molecule has 0 aromatic heterocycles. The number of carbonyl (C=O) groups is 3. The normalized spacial score (nSPS) is 17.0. The number of hydrogen-bond acceptors (Lipinski definition) is 10. The maximum atomic E-state index is 12.6. The largest absolute Gasteiger partial charge is 0.447 e. The van der Waals surface area contributed by atoms with Crippen LogP contribution in [0.2, 0.25) is 0 Å². The van der Waals surface area contributed by atoms with Gasteiger partial charge < -0.3 is 19.3 Å². The monoisotopic (exact) mass is 405 g/mol. The first-order valence-electron chi connectivity index (χ1n) is 9.01. The molecule has 0 saturated heterocycles. The summed E-state index contributed by atoms with van der Waals surface area (Å²) in [6, 6.07) is 0. The molecule has 10 heteroatoms. The van der Waals surface area contributed by atoms with Gasteiger partial charge in [0, 0.05) is 0 Å². The lowest BCUT2D eigenvalue weighted by atomic mass is 9.95. The Hall–Kier alpha value is -1.75. The van der Waals surface area contributed by atoms with Crippen molar-refractivity contribution in [2.45, 2.75) is 57.9 Å². The summed E-state index contributed by atoms with van der Waals surface area (Å²) in [5.74, 6) is -2.78. The smallest absolute Gasteiger partial charge is 0.340 e. The van der Waals surface area contributed by atoms with Gasteiger partial charge in [0.25, 0.3) is 0 Å². The molecule has 0 radical (unpaired) electrons. The van der Waals surface area contributed by atoms with Gasteiger partial charge in [-0.15, -0.1) is 0 Å². The van der Waals surface area contributed by atoms with E-state index in [4.69, 9.17) is 14.2 Å². The minimum atomic E-state index is -2.41. The van der Waals surface area contributed by atoms with Crippen LogP contribution in [0.15, 0.2) is 0 Å². The van der Waals surface area contributed by atoms with E-state index < -0.39 is 55.0 Å². The molecule has 0 saturated carbocycles. The summed E-state index contributed by atoms with van der Waals surface area (Å²) in [5.41, 5.74) is -2.41. The standard InChI is InChI=1S/C18H35N3O7/c1-12(19(4)5)26-15(22)10-18(25,17(24)28-14(3)21(8)9)11-16(23)27-13(2)20(6)7/h12-14,25H,10-11H2,1-9H3. The van der Waals surface area contributed by atoms with Crippen molar-refractivity contribution in [1.29, 1.82) is 0 Å². The van der Waals surface area contributed by atoms with Crippen LogP contribution in [0.3, 0.4) is 0 Å². The topological polar surface area (TPSA) is 109 Å². The third-order valence-corrected chi connectivity index (χ3v) is 4.32. The summed E-state index contributed by atoms with van der Waals surface area (Å²) >= 11 is 0. The van der Waals surface area contributed by atoms with Gasteiger partial charge in [-0.1, -0.05) is 0 Å². The van der Waals surface area contributed by atoms with Crippen LogP contribution in [0, 0.1) is 0 Å². The molecular weight excluding hydrogens is 370 g/mol. The van der Waals surface area contributed by atoms with Crippen molar-refractivity contribution in [1.82, 2.24) is 14.7 Å². The van der Waals surface area contributed by atoms with E-state index in [1.54, 1.807) is 77.8 Å². The summed E-state index contributed by atoms with van der Waals surface area (Å²) in [7, 11) is 10.2. The van der Waals surface area contributed by atoms with Gasteiger partial charge in [-0.05, 0) is 63.1 Å². The molecule has 3 unspecified atom stereocenters. The maximum absolute atomic E-state index is 12.6. The van der Waals surface area contributed by atoms with Crippen molar-refractivity contribution >= 4 is 17.9 Å². The third kappa shape index (κ3) is 8.96. The summed E-state index contributed by atoms with van der Waals surface area (Å²) in [5, 5.41) is 10.8. The summed E-state index contributed by atoms with van der Waals surface area (Å²) in [6.45, 7) is 4.87. The first-order chi connectivity index (χ1) is 12.7. The zero-order valence-corrected chi connectivity index (χ0v) is 18.4. The Balaban J connectivity index is 5.37. The van der Waals surface area contributed by atoms with E-state index in [9.17, 15) is 19.5 Å². The van der Waals surface area contributed by atoms with Crippen LogP contribution >= 0.6 is 0 Å². The lowest BCUT2D eigenvalue weighted by Crippen LogP contribution is -2.48. The van der Waals surface area contributed by atoms with Crippen molar-refractivity contribution in [3.8, 4) is 0 Å². The zero-order chi connectivity index (χ0) is 22.2. The SMILES string of the molecule is CC(OC(=O)CC(O)(CC(=O)OC(C)N(C)C)C(=O)OC(C)N(C)C)N(C)C. The highest BCUT2D eigenvalue weighted by Gasteiger charge is 2.44. The fourth-order valence-electron chi connectivity index (χ4n) is 1.73. The number of carbonyl (C=O) groups excluding carboxylic acids is 3. The number of ether oxygens (including phenoxy) is 3. The number of esters is 3. The Morgan fingerprint density at radius 2 is 1.00 bits per heavy atom. The molecule has 0 amide bonds. The molecule has 0 aromatic rings. The van der Waals surface area contributed by atoms with E-state index in [0.29, 0.717) is 0 Å². The second-order valence-corrected chi connectivity index (χ2v) is 7.46. The van der Waals surface area contributed by atoms with E-state index in [1.165, 1.54) is 0 Å². The second-order valence-electron chi connectivity index (χ2n) is 7.46. The van der Waals surface area contributed by atoms with Crippen LogP contribution in [0.1, 0.15) is 33.6 Å². The van der Waals surface area contributed by atoms with Crippen molar-refractivity contribution in [2.24, 2.45) is 0 Å². The molecule has 0 heterocycles. The Labute approximate surface area is 167 Å². The quantitative estimate of drug-likeness (QED) is 0.283. The average molecular weight is 405 g/mol. The summed E-state index contributed by atoms with van der Waals surface area (Å²) in [6.07, 6.45) is -3.30.